The minimum absolute atomic E-state index is 0.142. The summed E-state index contributed by atoms with van der Waals surface area (Å²) < 4.78 is 5.24. The van der Waals surface area contributed by atoms with Crippen LogP contribution in [0.2, 0.25) is 0 Å². The van der Waals surface area contributed by atoms with E-state index in [-0.39, 0.29) is 11.5 Å². The largest absolute Gasteiger partial charge is 0.508 e. The second-order valence-corrected chi connectivity index (χ2v) is 4.93. The van der Waals surface area contributed by atoms with E-state index >= 15 is 0 Å². The zero-order valence-corrected chi connectivity index (χ0v) is 11.7. The third-order valence-electron chi connectivity index (χ3n) is 3.27. The van der Waals surface area contributed by atoms with Crippen LogP contribution in [0.5, 0.6) is 11.5 Å². The summed E-state index contributed by atoms with van der Waals surface area (Å²) >= 11 is 0. The molecule has 0 bridgehead atoms. The zero-order chi connectivity index (χ0) is 15.0. The van der Waals surface area contributed by atoms with Gasteiger partial charge in [0, 0.05) is 11.1 Å². The van der Waals surface area contributed by atoms with Crippen molar-refractivity contribution in [3.05, 3.63) is 47.5 Å². The number of phenolic OH excluding ortho intramolecular Hbond substituents is 2. The van der Waals surface area contributed by atoms with Gasteiger partial charge in [-0.2, -0.15) is 4.98 Å². The van der Waals surface area contributed by atoms with Gasteiger partial charge in [-0.25, -0.2) is 0 Å². The van der Waals surface area contributed by atoms with Gasteiger partial charge in [-0.15, -0.1) is 0 Å². The SMILES string of the molecule is Cc1cc(-c2noc(-c3cccc(O)c3)n2)cc(C)c1O. The van der Waals surface area contributed by atoms with E-state index in [0.29, 0.717) is 17.3 Å². The Morgan fingerprint density at radius 1 is 0.952 bits per heavy atom. The third kappa shape index (κ3) is 2.45. The van der Waals surface area contributed by atoms with Gasteiger partial charge in [0.25, 0.3) is 5.89 Å². The van der Waals surface area contributed by atoms with Crippen LogP contribution < -0.4 is 0 Å². The van der Waals surface area contributed by atoms with Crippen LogP contribution >= 0.6 is 0 Å². The lowest BCUT2D eigenvalue weighted by atomic mass is 10.1. The molecular weight excluding hydrogens is 268 g/mol. The van der Waals surface area contributed by atoms with Gasteiger partial charge in [0.2, 0.25) is 5.82 Å². The first-order valence-corrected chi connectivity index (χ1v) is 6.48. The van der Waals surface area contributed by atoms with Crippen molar-refractivity contribution in [3.63, 3.8) is 0 Å². The van der Waals surface area contributed by atoms with E-state index in [4.69, 9.17) is 4.52 Å². The molecule has 3 aromatic rings. The molecule has 0 aliphatic rings. The second-order valence-electron chi connectivity index (χ2n) is 4.93. The first kappa shape index (κ1) is 13.2. The lowest BCUT2D eigenvalue weighted by Gasteiger charge is -2.04. The fourth-order valence-corrected chi connectivity index (χ4v) is 2.18. The van der Waals surface area contributed by atoms with E-state index in [1.54, 1.807) is 36.4 Å². The minimum atomic E-state index is 0.142. The summed E-state index contributed by atoms with van der Waals surface area (Å²) in [6.45, 7) is 3.64. The highest BCUT2D eigenvalue weighted by Gasteiger charge is 2.13. The molecule has 0 saturated carbocycles. The molecule has 0 atom stereocenters. The first-order chi connectivity index (χ1) is 10.0. The average molecular weight is 282 g/mol. The van der Waals surface area contributed by atoms with Gasteiger partial charge in [0.15, 0.2) is 0 Å². The molecule has 3 rings (SSSR count). The van der Waals surface area contributed by atoms with Crippen molar-refractivity contribution in [2.75, 3.05) is 0 Å². The lowest BCUT2D eigenvalue weighted by Crippen LogP contribution is -1.86. The number of aromatic nitrogens is 2. The molecule has 1 heterocycles. The molecule has 5 nitrogen and oxygen atoms in total. The van der Waals surface area contributed by atoms with E-state index in [0.717, 1.165) is 16.7 Å². The van der Waals surface area contributed by atoms with Gasteiger partial charge in [-0.05, 0) is 55.3 Å². The highest BCUT2D eigenvalue weighted by atomic mass is 16.5. The van der Waals surface area contributed by atoms with Gasteiger partial charge in [0.05, 0.1) is 0 Å². The van der Waals surface area contributed by atoms with E-state index in [1.807, 2.05) is 13.8 Å². The number of benzene rings is 2. The standard InChI is InChI=1S/C16H14N2O3/c1-9-6-12(7-10(2)14(9)20)15-17-16(21-18-15)11-4-3-5-13(19)8-11/h3-8,19-20H,1-2H3. The third-order valence-corrected chi connectivity index (χ3v) is 3.27. The normalized spacial score (nSPS) is 10.8. The number of hydrogen-bond donors (Lipinski definition) is 2. The van der Waals surface area contributed by atoms with Crippen molar-refractivity contribution in [2.45, 2.75) is 13.8 Å². The Bertz CT molecular complexity index is 786. The highest BCUT2D eigenvalue weighted by Crippen LogP contribution is 2.29. The Kier molecular flexibility index (Phi) is 3.10. The molecule has 2 N–H and O–H groups in total. The summed E-state index contributed by atoms with van der Waals surface area (Å²) in [6, 6.07) is 10.2. The average Bonchev–Trinajstić information content (AvgIpc) is 2.94. The van der Waals surface area contributed by atoms with Crippen LogP contribution in [0.4, 0.5) is 0 Å². The summed E-state index contributed by atoms with van der Waals surface area (Å²) in [5, 5.41) is 23.2. The molecule has 0 spiro atoms. The van der Waals surface area contributed by atoms with E-state index in [2.05, 4.69) is 10.1 Å². The molecule has 0 fully saturated rings. The van der Waals surface area contributed by atoms with Gasteiger partial charge < -0.3 is 14.7 Å². The highest BCUT2D eigenvalue weighted by molar-refractivity contribution is 5.63. The summed E-state index contributed by atoms with van der Waals surface area (Å²) in [5.74, 6) is 1.20. The van der Waals surface area contributed by atoms with Gasteiger partial charge in [-0.3, -0.25) is 0 Å². The fourth-order valence-electron chi connectivity index (χ4n) is 2.18. The Morgan fingerprint density at radius 3 is 2.33 bits per heavy atom. The number of rotatable bonds is 2. The maximum Gasteiger partial charge on any atom is 0.258 e. The van der Waals surface area contributed by atoms with E-state index in [9.17, 15) is 10.2 Å². The monoisotopic (exact) mass is 282 g/mol. The van der Waals surface area contributed by atoms with Crippen LogP contribution in [0.25, 0.3) is 22.8 Å². The van der Waals surface area contributed by atoms with Gasteiger partial charge in [0.1, 0.15) is 11.5 Å². The number of phenols is 2. The minimum Gasteiger partial charge on any atom is -0.508 e. The van der Waals surface area contributed by atoms with Crippen LogP contribution in [0.15, 0.2) is 40.9 Å². The molecule has 0 saturated heterocycles. The van der Waals surface area contributed by atoms with Crippen molar-refractivity contribution < 1.29 is 14.7 Å². The van der Waals surface area contributed by atoms with Crippen LogP contribution in [0.3, 0.4) is 0 Å². The van der Waals surface area contributed by atoms with Crippen molar-refractivity contribution in [2.24, 2.45) is 0 Å². The van der Waals surface area contributed by atoms with Crippen molar-refractivity contribution in [1.29, 1.82) is 0 Å². The molecule has 21 heavy (non-hydrogen) atoms. The Morgan fingerprint density at radius 2 is 1.67 bits per heavy atom. The molecule has 0 unspecified atom stereocenters. The fraction of sp³-hybridized carbons (Fsp3) is 0.125. The van der Waals surface area contributed by atoms with E-state index < -0.39 is 0 Å². The molecule has 5 heteroatoms. The van der Waals surface area contributed by atoms with Crippen molar-refractivity contribution in [1.82, 2.24) is 10.1 Å². The Balaban J connectivity index is 2.02. The molecule has 0 radical (unpaired) electrons. The smallest absolute Gasteiger partial charge is 0.258 e. The van der Waals surface area contributed by atoms with Crippen LogP contribution in [-0.2, 0) is 0 Å². The van der Waals surface area contributed by atoms with Crippen molar-refractivity contribution >= 4 is 0 Å². The summed E-state index contributed by atoms with van der Waals surface area (Å²) in [4.78, 5) is 4.33. The number of nitrogens with zero attached hydrogens (tertiary/aromatic N) is 2. The van der Waals surface area contributed by atoms with E-state index in [1.165, 1.54) is 0 Å². The topological polar surface area (TPSA) is 79.4 Å². The second kappa shape index (κ2) is 4.94. The molecule has 0 aliphatic carbocycles. The number of aromatic hydroxyl groups is 2. The van der Waals surface area contributed by atoms with Crippen molar-refractivity contribution in [3.8, 4) is 34.3 Å². The summed E-state index contributed by atoms with van der Waals surface area (Å²) in [5.41, 5.74) is 2.95. The molecular formula is C16H14N2O3. The van der Waals surface area contributed by atoms with Crippen LogP contribution in [0.1, 0.15) is 11.1 Å². The predicted molar refractivity (Wildman–Crippen MR) is 78.0 cm³/mol. The zero-order valence-electron chi connectivity index (χ0n) is 11.7. The lowest BCUT2D eigenvalue weighted by molar-refractivity contribution is 0.431. The van der Waals surface area contributed by atoms with Crippen LogP contribution in [0, 0.1) is 13.8 Å². The molecule has 1 aromatic heterocycles. The predicted octanol–water partition coefficient (Wildman–Crippen LogP) is 3.43. The maximum absolute atomic E-state index is 9.80. The quantitative estimate of drug-likeness (QED) is 0.752. The molecule has 0 aliphatic heterocycles. The van der Waals surface area contributed by atoms with Gasteiger partial charge in [-0.1, -0.05) is 11.2 Å². The molecule has 106 valence electrons. The van der Waals surface area contributed by atoms with Gasteiger partial charge >= 0.3 is 0 Å². The first-order valence-electron chi connectivity index (χ1n) is 6.48. The summed E-state index contributed by atoms with van der Waals surface area (Å²) in [6.07, 6.45) is 0. The molecule has 2 aromatic carbocycles. The number of hydrogen-bond acceptors (Lipinski definition) is 5. The summed E-state index contributed by atoms with van der Waals surface area (Å²) in [7, 11) is 0. The van der Waals surface area contributed by atoms with Crippen LogP contribution in [-0.4, -0.2) is 20.4 Å². The Hall–Kier alpha value is -2.82. The maximum atomic E-state index is 9.80. The molecule has 0 amide bonds. The Labute approximate surface area is 121 Å². The number of aryl methyl sites for hydroxylation is 2.